The zero-order valence-corrected chi connectivity index (χ0v) is 14.0. The zero-order valence-electron chi connectivity index (χ0n) is 12.5. The normalized spacial score (nSPS) is 30.6. The maximum atomic E-state index is 6.51. The predicted molar refractivity (Wildman–Crippen MR) is 85.8 cm³/mol. The molecule has 0 N–H and O–H groups in total. The van der Waals surface area contributed by atoms with Gasteiger partial charge in [-0.3, -0.25) is 0 Å². The van der Waals surface area contributed by atoms with E-state index in [1.807, 2.05) is 0 Å². The second kappa shape index (κ2) is 6.34. The molecule has 0 radical (unpaired) electrons. The van der Waals surface area contributed by atoms with E-state index >= 15 is 0 Å². The smallest absolute Gasteiger partial charge is 0.0687 e. The van der Waals surface area contributed by atoms with Crippen molar-refractivity contribution in [1.82, 2.24) is 0 Å². The molecule has 3 fully saturated rings. The Hall–Kier alpha value is 0.540. The molecule has 0 aromatic carbocycles. The highest BCUT2D eigenvalue weighted by Gasteiger charge is 2.47. The van der Waals surface area contributed by atoms with Gasteiger partial charge in [0.25, 0.3) is 0 Å². The summed E-state index contributed by atoms with van der Waals surface area (Å²) < 4.78 is 6.51. The van der Waals surface area contributed by atoms with Crippen LogP contribution in [-0.4, -0.2) is 23.5 Å². The van der Waals surface area contributed by atoms with Crippen molar-refractivity contribution >= 4 is 23.2 Å². The third-order valence-corrected chi connectivity index (χ3v) is 7.31. The van der Waals surface area contributed by atoms with Crippen molar-refractivity contribution in [2.45, 2.75) is 82.3 Å². The van der Waals surface area contributed by atoms with Crippen LogP contribution in [0.25, 0.3) is 0 Å². The van der Waals surface area contributed by atoms with Crippen molar-refractivity contribution in [2.75, 3.05) is 11.8 Å². The van der Waals surface area contributed by atoms with Crippen LogP contribution in [0.5, 0.6) is 0 Å². The van der Waals surface area contributed by atoms with Gasteiger partial charge < -0.3 is 4.74 Å². The van der Waals surface area contributed by atoms with Gasteiger partial charge in [-0.25, -0.2) is 0 Å². The molecule has 2 aliphatic carbocycles. The number of hydrogen-bond donors (Lipinski definition) is 0. The quantitative estimate of drug-likeness (QED) is 0.606. The highest BCUT2D eigenvalue weighted by atomic mass is 35.5. The van der Waals surface area contributed by atoms with Gasteiger partial charge in [-0.2, -0.15) is 0 Å². The van der Waals surface area contributed by atoms with Crippen molar-refractivity contribution in [3.05, 3.63) is 0 Å². The first-order valence-electron chi connectivity index (χ1n) is 8.52. The van der Waals surface area contributed by atoms with Crippen molar-refractivity contribution in [1.29, 1.82) is 0 Å². The van der Waals surface area contributed by atoms with E-state index in [9.17, 15) is 0 Å². The molecule has 3 heteroatoms. The summed E-state index contributed by atoms with van der Waals surface area (Å²) in [6.45, 7) is 0. The summed E-state index contributed by atoms with van der Waals surface area (Å²) in [5, 5.41) is 0. The first-order chi connectivity index (χ1) is 9.72. The molecule has 0 aromatic heterocycles. The van der Waals surface area contributed by atoms with Gasteiger partial charge in [0.1, 0.15) is 0 Å². The SMILES string of the molecule is ClCC(CCl)(CC1CCC2(CCCC2)O1)C1CCCC1. The molecule has 1 atom stereocenters. The lowest BCUT2D eigenvalue weighted by molar-refractivity contribution is -0.0549. The van der Waals surface area contributed by atoms with Gasteiger partial charge in [-0.05, 0) is 50.9 Å². The number of alkyl halides is 2. The molecule has 1 heterocycles. The van der Waals surface area contributed by atoms with E-state index in [4.69, 9.17) is 27.9 Å². The van der Waals surface area contributed by atoms with Crippen LogP contribution >= 0.6 is 23.2 Å². The van der Waals surface area contributed by atoms with Gasteiger partial charge >= 0.3 is 0 Å². The molecular weight excluding hydrogens is 291 g/mol. The lowest BCUT2D eigenvalue weighted by Crippen LogP contribution is -2.38. The van der Waals surface area contributed by atoms with Crippen molar-refractivity contribution < 1.29 is 4.74 Å². The molecule has 116 valence electrons. The minimum atomic E-state index is 0.119. The van der Waals surface area contributed by atoms with Gasteiger partial charge in [-0.1, -0.05) is 25.7 Å². The van der Waals surface area contributed by atoms with Gasteiger partial charge in [0.15, 0.2) is 0 Å². The Balaban J connectivity index is 1.64. The molecule has 0 amide bonds. The third kappa shape index (κ3) is 2.88. The molecule has 0 aromatic rings. The van der Waals surface area contributed by atoms with Crippen molar-refractivity contribution in [2.24, 2.45) is 11.3 Å². The van der Waals surface area contributed by atoms with Gasteiger partial charge in [0.05, 0.1) is 11.7 Å². The zero-order chi connectivity index (χ0) is 14.1. The summed E-state index contributed by atoms with van der Waals surface area (Å²) >= 11 is 12.8. The van der Waals surface area contributed by atoms with Crippen LogP contribution in [0.2, 0.25) is 0 Å². The Morgan fingerprint density at radius 1 is 0.900 bits per heavy atom. The molecule has 1 nitrogen and oxygen atoms in total. The van der Waals surface area contributed by atoms with Crippen LogP contribution in [0.4, 0.5) is 0 Å². The van der Waals surface area contributed by atoms with E-state index in [1.165, 1.54) is 64.2 Å². The first kappa shape index (κ1) is 15.4. The highest BCUT2D eigenvalue weighted by Crippen LogP contribution is 2.50. The summed E-state index contributed by atoms with van der Waals surface area (Å²) in [6, 6.07) is 0. The van der Waals surface area contributed by atoms with E-state index in [-0.39, 0.29) is 11.0 Å². The van der Waals surface area contributed by atoms with E-state index in [1.54, 1.807) is 0 Å². The minimum absolute atomic E-state index is 0.119. The third-order valence-electron chi connectivity index (χ3n) is 6.24. The Morgan fingerprint density at radius 3 is 2.15 bits per heavy atom. The molecule has 0 bridgehead atoms. The summed E-state index contributed by atoms with van der Waals surface area (Å²) in [6.07, 6.45) is 14.6. The number of hydrogen-bond acceptors (Lipinski definition) is 1. The van der Waals surface area contributed by atoms with Crippen LogP contribution < -0.4 is 0 Å². The first-order valence-corrected chi connectivity index (χ1v) is 9.59. The predicted octanol–water partition coefficient (Wildman–Crippen LogP) is 5.52. The monoisotopic (exact) mass is 318 g/mol. The summed E-state index contributed by atoms with van der Waals surface area (Å²) in [5.74, 6) is 2.13. The topological polar surface area (TPSA) is 9.23 Å². The second-order valence-electron chi connectivity index (χ2n) is 7.48. The number of halogens is 2. The van der Waals surface area contributed by atoms with Gasteiger partial charge in [0.2, 0.25) is 0 Å². The Morgan fingerprint density at radius 2 is 1.55 bits per heavy atom. The molecular formula is C17H28Cl2O. The Bertz CT molecular complexity index is 315. The maximum absolute atomic E-state index is 6.51. The fourth-order valence-corrected chi connectivity index (χ4v) is 5.89. The molecule has 1 saturated heterocycles. The Kier molecular flexibility index (Phi) is 4.90. The number of rotatable bonds is 5. The fraction of sp³-hybridized carbons (Fsp3) is 1.00. The molecule has 1 unspecified atom stereocenters. The molecule has 1 aliphatic heterocycles. The molecule has 20 heavy (non-hydrogen) atoms. The van der Waals surface area contributed by atoms with E-state index < -0.39 is 0 Å². The average molecular weight is 319 g/mol. The van der Waals surface area contributed by atoms with Crippen LogP contribution in [-0.2, 0) is 4.74 Å². The average Bonchev–Trinajstić information content (AvgIpc) is 3.20. The summed E-state index contributed by atoms with van der Waals surface area (Å²) in [5.41, 5.74) is 0.360. The standard InChI is InChI=1S/C17H28Cl2O/c18-12-16(13-19,14-5-1-2-6-14)11-15-7-10-17(20-15)8-3-4-9-17/h14-15H,1-13H2. The van der Waals surface area contributed by atoms with E-state index in [0.717, 1.165) is 12.3 Å². The largest absolute Gasteiger partial charge is 0.372 e. The number of ether oxygens (including phenoxy) is 1. The fourth-order valence-electron chi connectivity index (χ4n) is 4.95. The van der Waals surface area contributed by atoms with E-state index in [2.05, 4.69) is 0 Å². The van der Waals surface area contributed by atoms with Crippen LogP contribution in [0, 0.1) is 11.3 Å². The Labute approximate surface area is 133 Å². The van der Waals surface area contributed by atoms with Gasteiger partial charge in [-0.15, -0.1) is 23.2 Å². The van der Waals surface area contributed by atoms with Crippen LogP contribution in [0.15, 0.2) is 0 Å². The molecule has 3 aliphatic rings. The summed E-state index contributed by atoms with van der Waals surface area (Å²) in [4.78, 5) is 0. The summed E-state index contributed by atoms with van der Waals surface area (Å²) in [7, 11) is 0. The molecule has 1 spiro atoms. The van der Waals surface area contributed by atoms with Crippen molar-refractivity contribution in [3.63, 3.8) is 0 Å². The lowest BCUT2D eigenvalue weighted by atomic mass is 9.73. The minimum Gasteiger partial charge on any atom is -0.372 e. The van der Waals surface area contributed by atoms with Crippen LogP contribution in [0.3, 0.4) is 0 Å². The molecule has 2 saturated carbocycles. The van der Waals surface area contributed by atoms with Crippen molar-refractivity contribution in [3.8, 4) is 0 Å². The van der Waals surface area contributed by atoms with E-state index in [0.29, 0.717) is 17.9 Å². The maximum Gasteiger partial charge on any atom is 0.0687 e. The van der Waals surface area contributed by atoms with Crippen LogP contribution in [0.1, 0.15) is 70.6 Å². The lowest BCUT2D eigenvalue weighted by Gasteiger charge is -2.38. The molecule has 3 rings (SSSR count). The second-order valence-corrected chi connectivity index (χ2v) is 8.02. The highest BCUT2D eigenvalue weighted by molar-refractivity contribution is 6.21. The van der Waals surface area contributed by atoms with Gasteiger partial charge in [0, 0.05) is 17.2 Å².